The van der Waals surface area contributed by atoms with Crippen LogP contribution >= 0.6 is 0 Å². The molecule has 0 aliphatic heterocycles. The molecule has 0 aliphatic carbocycles. The SMILES string of the molecule is COCCNC(=O)Nc1cc(N)c(C(=N)Oc2ccccc2)cn1. The summed E-state index contributed by atoms with van der Waals surface area (Å²) in [5.74, 6) is 0.683. The minimum atomic E-state index is -0.415. The number of rotatable bonds is 6. The Kier molecular flexibility index (Phi) is 6.09. The maximum absolute atomic E-state index is 11.6. The zero-order chi connectivity index (χ0) is 17.4. The number of nitrogen functional groups attached to an aromatic ring is 1. The highest BCUT2D eigenvalue weighted by atomic mass is 16.5. The van der Waals surface area contributed by atoms with Gasteiger partial charge < -0.3 is 20.5 Å². The number of nitrogens with zero attached hydrogens (tertiary/aromatic N) is 1. The Bertz CT molecular complexity index is 706. The lowest BCUT2D eigenvalue weighted by molar-refractivity contribution is 0.198. The van der Waals surface area contributed by atoms with Gasteiger partial charge in [0.1, 0.15) is 11.6 Å². The fourth-order valence-electron chi connectivity index (χ4n) is 1.82. The summed E-state index contributed by atoms with van der Waals surface area (Å²) in [5, 5.41) is 13.1. The number of para-hydroxylation sites is 1. The number of pyridine rings is 1. The lowest BCUT2D eigenvalue weighted by atomic mass is 10.2. The first-order chi connectivity index (χ1) is 11.6. The number of urea groups is 1. The molecule has 8 nitrogen and oxygen atoms in total. The summed E-state index contributed by atoms with van der Waals surface area (Å²) < 4.78 is 10.3. The molecule has 2 amide bonds. The third-order valence-electron chi connectivity index (χ3n) is 2.98. The molecule has 0 radical (unpaired) electrons. The minimum Gasteiger partial charge on any atom is -0.439 e. The van der Waals surface area contributed by atoms with Crippen LogP contribution in [0.4, 0.5) is 16.3 Å². The summed E-state index contributed by atoms with van der Waals surface area (Å²) in [5.41, 5.74) is 6.53. The van der Waals surface area contributed by atoms with Crippen molar-refractivity contribution >= 4 is 23.4 Å². The lowest BCUT2D eigenvalue weighted by Gasteiger charge is -2.11. The number of amides is 2. The van der Waals surface area contributed by atoms with E-state index in [1.165, 1.54) is 12.3 Å². The van der Waals surface area contributed by atoms with Gasteiger partial charge in [0, 0.05) is 31.6 Å². The summed E-state index contributed by atoms with van der Waals surface area (Å²) >= 11 is 0. The fraction of sp³-hybridized carbons (Fsp3) is 0.188. The number of nitrogens with one attached hydrogen (secondary N) is 3. The quantitative estimate of drug-likeness (QED) is 0.366. The van der Waals surface area contributed by atoms with E-state index in [-0.39, 0.29) is 17.4 Å². The number of hydrogen-bond acceptors (Lipinski definition) is 6. The van der Waals surface area contributed by atoms with E-state index in [1.54, 1.807) is 31.4 Å². The zero-order valence-corrected chi connectivity index (χ0v) is 13.2. The Hall–Kier alpha value is -3.13. The van der Waals surface area contributed by atoms with Gasteiger partial charge in [0.2, 0.25) is 5.90 Å². The van der Waals surface area contributed by atoms with Gasteiger partial charge in [-0.25, -0.2) is 9.78 Å². The van der Waals surface area contributed by atoms with Crippen LogP contribution in [0.1, 0.15) is 5.56 Å². The van der Waals surface area contributed by atoms with E-state index in [2.05, 4.69) is 15.6 Å². The van der Waals surface area contributed by atoms with Crippen molar-refractivity contribution in [3.05, 3.63) is 48.2 Å². The highest BCUT2D eigenvalue weighted by Gasteiger charge is 2.11. The summed E-state index contributed by atoms with van der Waals surface area (Å²) in [6.07, 6.45) is 1.38. The van der Waals surface area contributed by atoms with Crippen molar-refractivity contribution in [1.82, 2.24) is 10.3 Å². The Balaban J connectivity index is 1.98. The van der Waals surface area contributed by atoms with Crippen LogP contribution in [0.2, 0.25) is 0 Å². The largest absolute Gasteiger partial charge is 0.439 e. The van der Waals surface area contributed by atoms with Crippen LogP contribution in [0.5, 0.6) is 5.75 Å². The third kappa shape index (κ3) is 4.96. The number of carbonyl (C=O) groups excluding carboxylic acids is 1. The number of anilines is 2. The van der Waals surface area contributed by atoms with E-state index in [9.17, 15) is 4.79 Å². The smallest absolute Gasteiger partial charge is 0.320 e. The van der Waals surface area contributed by atoms with E-state index in [4.69, 9.17) is 20.6 Å². The second-order valence-electron chi connectivity index (χ2n) is 4.77. The number of methoxy groups -OCH3 is 1. The molecule has 1 heterocycles. The number of aromatic nitrogens is 1. The van der Waals surface area contributed by atoms with Crippen molar-refractivity contribution in [3.8, 4) is 5.75 Å². The molecule has 126 valence electrons. The van der Waals surface area contributed by atoms with Crippen molar-refractivity contribution in [3.63, 3.8) is 0 Å². The number of benzene rings is 1. The van der Waals surface area contributed by atoms with Crippen LogP contribution in [-0.2, 0) is 4.74 Å². The first-order valence-corrected chi connectivity index (χ1v) is 7.21. The van der Waals surface area contributed by atoms with E-state index in [1.807, 2.05) is 6.07 Å². The topological polar surface area (TPSA) is 122 Å². The molecule has 8 heteroatoms. The summed E-state index contributed by atoms with van der Waals surface area (Å²) in [6, 6.07) is 9.98. The number of ether oxygens (including phenoxy) is 2. The van der Waals surface area contributed by atoms with Gasteiger partial charge in [-0.3, -0.25) is 10.7 Å². The molecular formula is C16H19N5O3. The number of hydrogen-bond donors (Lipinski definition) is 4. The van der Waals surface area contributed by atoms with Gasteiger partial charge in [0.05, 0.1) is 12.2 Å². The molecular weight excluding hydrogens is 310 g/mol. The van der Waals surface area contributed by atoms with Gasteiger partial charge in [-0.15, -0.1) is 0 Å². The van der Waals surface area contributed by atoms with Gasteiger partial charge >= 0.3 is 6.03 Å². The Morgan fingerprint density at radius 2 is 2.08 bits per heavy atom. The van der Waals surface area contributed by atoms with Crippen molar-refractivity contribution < 1.29 is 14.3 Å². The minimum absolute atomic E-state index is 0.123. The number of nitrogens with two attached hydrogens (primary N) is 1. The molecule has 0 fully saturated rings. The highest BCUT2D eigenvalue weighted by molar-refractivity contribution is 5.99. The Morgan fingerprint density at radius 3 is 2.75 bits per heavy atom. The monoisotopic (exact) mass is 329 g/mol. The van der Waals surface area contributed by atoms with Crippen LogP contribution in [-0.4, -0.2) is 37.2 Å². The van der Waals surface area contributed by atoms with E-state index < -0.39 is 6.03 Å². The van der Waals surface area contributed by atoms with Crippen molar-refractivity contribution in [2.24, 2.45) is 0 Å². The molecule has 2 aromatic rings. The summed E-state index contributed by atoms with van der Waals surface area (Å²) in [6.45, 7) is 0.793. The molecule has 0 unspecified atom stereocenters. The molecule has 0 saturated carbocycles. The van der Waals surface area contributed by atoms with Crippen LogP contribution in [0, 0.1) is 5.41 Å². The standard InChI is InChI=1S/C16H19N5O3/c1-23-8-7-19-16(22)21-14-9-13(17)12(10-20-14)15(18)24-11-5-3-2-4-6-11/h2-6,9-10,18H,7-8H2,1H3,(H4,17,19,20,21,22). The molecule has 1 aromatic heterocycles. The Morgan fingerprint density at radius 1 is 1.33 bits per heavy atom. The third-order valence-corrected chi connectivity index (χ3v) is 2.98. The predicted octanol–water partition coefficient (Wildman–Crippen LogP) is 1.84. The van der Waals surface area contributed by atoms with E-state index in [0.717, 1.165) is 0 Å². The van der Waals surface area contributed by atoms with Crippen LogP contribution < -0.4 is 21.1 Å². The first-order valence-electron chi connectivity index (χ1n) is 7.21. The summed E-state index contributed by atoms with van der Waals surface area (Å²) in [4.78, 5) is 15.7. The van der Waals surface area contributed by atoms with Crippen molar-refractivity contribution in [2.45, 2.75) is 0 Å². The maximum atomic E-state index is 11.6. The van der Waals surface area contributed by atoms with Gasteiger partial charge in [0.15, 0.2) is 0 Å². The zero-order valence-electron chi connectivity index (χ0n) is 13.2. The molecule has 0 atom stereocenters. The molecule has 1 aromatic carbocycles. The van der Waals surface area contributed by atoms with Crippen molar-refractivity contribution in [2.75, 3.05) is 31.3 Å². The average molecular weight is 329 g/mol. The molecule has 24 heavy (non-hydrogen) atoms. The maximum Gasteiger partial charge on any atom is 0.320 e. The highest BCUT2D eigenvalue weighted by Crippen LogP contribution is 2.18. The van der Waals surface area contributed by atoms with Gasteiger partial charge in [-0.2, -0.15) is 0 Å². The van der Waals surface area contributed by atoms with Crippen molar-refractivity contribution in [1.29, 1.82) is 5.41 Å². The van der Waals surface area contributed by atoms with E-state index >= 15 is 0 Å². The summed E-state index contributed by atoms with van der Waals surface area (Å²) in [7, 11) is 1.55. The second-order valence-corrected chi connectivity index (χ2v) is 4.77. The first kappa shape index (κ1) is 17.2. The van der Waals surface area contributed by atoms with Crippen LogP contribution in [0.15, 0.2) is 42.6 Å². The fourth-order valence-corrected chi connectivity index (χ4v) is 1.82. The van der Waals surface area contributed by atoms with Crippen LogP contribution in [0.25, 0.3) is 0 Å². The molecule has 0 saturated heterocycles. The van der Waals surface area contributed by atoms with E-state index in [0.29, 0.717) is 24.5 Å². The molecule has 5 N–H and O–H groups in total. The predicted molar refractivity (Wildman–Crippen MR) is 91.4 cm³/mol. The molecule has 2 rings (SSSR count). The van der Waals surface area contributed by atoms with Gasteiger partial charge in [-0.1, -0.05) is 18.2 Å². The normalized spacial score (nSPS) is 10.0. The van der Waals surface area contributed by atoms with Gasteiger partial charge in [0.25, 0.3) is 0 Å². The van der Waals surface area contributed by atoms with Gasteiger partial charge in [-0.05, 0) is 12.1 Å². The Labute approximate surface area is 139 Å². The van der Waals surface area contributed by atoms with Crippen LogP contribution in [0.3, 0.4) is 0 Å². The average Bonchev–Trinajstić information content (AvgIpc) is 2.56. The second kappa shape index (κ2) is 8.49. The molecule has 0 spiro atoms. The lowest BCUT2D eigenvalue weighted by Crippen LogP contribution is -2.31. The number of carbonyl (C=O) groups is 1. The molecule has 0 bridgehead atoms. The molecule has 0 aliphatic rings.